The normalized spacial score (nSPS) is 11.2. The number of sulfonamides is 1. The molecule has 0 fully saturated rings. The van der Waals surface area contributed by atoms with Gasteiger partial charge >= 0.3 is 0 Å². The third kappa shape index (κ3) is 3.03. The second kappa shape index (κ2) is 5.68. The van der Waals surface area contributed by atoms with Crippen molar-refractivity contribution in [3.05, 3.63) is 63.7 Å². The van der Waals surface area contributed by atoms with Gasteiger partial charge in [-0.05, 0) is 25.1 Å². The Kier molecular flexibility index (Phi) is 4.09. The van der Waals surface area contributed by atoms with E-state index in [0.29, 0.717) is 6.07 Å². The molecule has 22 heavy (non-hydrogen) atoms. The highest BCUT2D eigenvalue weighted by atomic mass is 32.2. The molecular weight excluding hydrogens is 318 g/mol. The van der Waals surface area contributed by atoms with Crippen LogP contribution in [0.3, 0.4) is 0 Å². The van der Waals surface area contributed by atoms with E-state index in [0.717, 1.165) is 24.3 Å². The molecule has 0 heterocycles. The van der Waals surface area contributed by atoms with E-state index >= 15 is 0 Å². The standard InChI is InChI=1S/C13H10F2N2O4S/c1-8-12(17(18)19)3-2-4-13(8)22(20,21)16-11-7-9(14)5-6-10(11)15/h2-7,16H,1H3. The molecule has 6 nitrogen and oxygen atoms in total. The summed E-state index contributed by atoms with van der Waals surface area (Å²) in [5, 5.41) is 10.8. The Morgan fingerprint density at radius 3 is 2.50 bits per heavy atom. The predicted molar refractivity (Wildman–Crippen MR) is 75.0 cm³/mol. The molecule has 0 saturated carbocycles. The smallest absolute Gasteiger partial charge is 0.273 e. The first kappa shape index (κ1) is 15.8. The average Bonchev–Trinajstić information content (AvgIpc) is 2.42. The van der Waals surface area contributed by atoms with Gasteiger partial charge in [0.1, 0.15) is 11.6 Å². The minimum Gasteiger partial charge on any atom is -0.277 e. The van der Waals surface area contributed by atoms with Gasteiger partial charge < -0.3 is 0 Å². The lowest BCUT2D eigenvalue weighted by Crippen LogP contribution is -2.16. The van der Waals surface area contributed by atoms with Crippen molar-refractivity contribution in [1.82, 2.24) is 0 Å². The van der Waals surface area contributed by atoms with Crippen LogP contribution in [0.2, 0.25) is 0 Å². The van der Waals surface area contributed by atoms with E-state index in [1.807, 2.05) is 4.72 Å². The van der Waals surface area contributed by atoms with Gasteiger partial charge in [-0.1, -0.05) is 6.07 Å². The van der Waals surface area contributed by atoms with E-state index in [1.54, 1.807) is 0 Å². The Hall–Kier alpha value is -2.55. The van der Waals surface area contributed by atoms with Gasteiger partial charge in [-0.25, -0.2) is 17.2 Å². The number of hydrogen-bond donors (Lipinski definition) is 1. The number of nitro benzene ring substituents is 1. The number of nitrogens with one attached hydrogen (secondary N) is 1. The van der Waals surface area contributed by atoms with Crippen molar-refractivity contribution in [2.45, 2.75) is 11.8 Å². The second-order valence-electron chi connectivity index (χ2n) is 4.39. The van der Waals surface area contributed by atoms with Gasteiger partial charge in [0, 0.05) is 17.7 Å². The summed E-state index contributed by atoms with van der Waals surface area (Å²) in [4.78, 5) is 9.73. The number of nitrogens with zero attached hydrogens (tertiary/aromatic N) is 1. The summed E-state index contributed by atoms with van der Waals surface area (Å²) >= 11 is 0. The monoisotopic (exact) mass is 328 g/mol. The summed E-state index contributed by atoms with van der Waals surface area (Å²) in [5.74, 6) is -1.79. The van der Waals surface area contributed by atoms with Crippen LogP contribution in [0.4, 0.5) is 20.2 Å². The van der Waals surface area contributed by atoms with Crippen LogP contribution in [0.1, 0.15) is 5.56 Å². The van der Waals surface area contributed by atoms with Crippen molar-refractivity contribution < 1.29 is 22.1 Å². The number of benzene rings is 2. The fraction of sp³-hybridized carbons (Fsp3) is 0.0769. The van der Waals surface area contributed by atoms with Crippen molar-refractivity contribution in [3.8, 4) is 0 Å². The lowest BCUT2D eigenvalue weighted by Gasteiger charge is -2.11. The highest BCUT2D eigenvalue weighted by Gasteiger charge is 2.24. The summed E-state index contributed by atoms with van der Waals surface area (Å²) in [7, 11) is -4.30. The van der Waals surface area contributed by atoms with E-state index in [4.69, 9.17) is 0 Å². The van der Waals surface area contributed by atoms with E-state index < -0.39 is 32.3 Å². The van der Waals surface area contributed by atoms with Crippen molar-refractivity contribution in [1.29, 1.82) is 0 Å². The largest absolute Gasteiger partial charge is 0.277 e. The predicted octanol–water partition coefficient (Wildman–Crippen LogP) is 2.98. The fourth-order valence-electron chi connectivity index (χ4n) is 1.87. The molecule has 2 aromatic carbocycles. The van der Waals surface area contributed by atoms with E-state index in [-0.39, 0.29) is 16.1 Å². The zero-order chi connectivity index (χ0) is 16.5. The van der Waals surface area contributed by atoms with Crippen molar-refractivity contribution in [3.63, 3.8) is 0 Å². The Bertz CT molecular complexity index is 853. The second-order valence-corrected chi connectivity index (χ2v) is 6.04. The maximum absolute atomic E-state index is 13.5. The van der Waals surface area contributed by atoms with Crippen LogP contribution in [0.15, 0.2) is 41.3 Å². The summed E-state index contributed by atoms with van der Waals surface area (Å²) in [5.41, 5.74) is -1.06. The molecular formula is C13H10F2N2O4S. The molecule has 0 saturated heterocycles. The Labute approximate surface area is 124 Å². The molecule has 2 rings (SSSR count). The first-order valence-corrected chi connectivity index (χ1v) is 7.42. The quantitative estimate of drug-likeness (QED) is 0.690. The average molecular weight is 328 g/mol. The van der Waals surface area contributed by atoms with Gasteiger partial charge in [-0.3, -0.25) is 14.8 Å². The maximum atomic E-state index is 13.5. The topological polar surface area (TPSA) is 89.3 Å². The van der Waals surface area contributed by atoms with Gasteiger partial charge in [-0.15, -0.1) is 0 Å². The molecule has 0 aliphatic carbocycles. The fourth-order valence-corrected chi connectivity index (χ4v) is 3.19. The van der Waals surface area contributed by atoms with E-state index in [1.165, 1.54) is 13.0 Å². The molecule has 9 heteroatoms. The van der Waals surface area contributed by atoms with E-state index in [2.05, 4.69) is 0 Å². The van der Waals surface area contributed by atoms with Crippen LogP contribution < -0.4 is 4.72 Å². The summed E-state index contributed by atoms with van der Waals surface area (Å²) in [6, 6.07) is 5.78. The SMILES string of the molecule is Cc1c([N+](=O)[O-])cccc1S(=O)(=O)Nc1cc(F)ccc1F. The number of nitro groups is 1. The first-order valence-electron chi connectivity index (χ1n) is 5.94. The molecule has 0 aromatic heterocycles. The van der Waals surface area contributed by atoms with Crippen LogP contribution in [0, 0.1) is 28.7 Å². The lowest BCUT2D eigenvalue weighted by molar-refractivity contribution is -0.385. The number of rotatable bonds is 4. The summed E-state index contributed by atoms with van der Waals surface area (Å²) in [6.45, 7) is 1.26. The minimum absolute atomic E-state index is 0.100. The van der Waals surface area contributed by atoms with Gasteiger partial charge in [0.2, 0.25) is 0 Å². The molecule has 0 amide bonds. The summed E-state index contributed by atoms with van der Waals surface area (Å²) < 4.78 is 53.0. The number of anilines is 1. The van der Waals surface area contributed by atoms with Crippen LogP contribution in [-0.2, 0) is 10.0 Å². The zero-order valence-corrected chi connectivity index (χ0v) is 12.0. The third-order valence-electron chi connectivity index (χ3n) is 2.91. The first-order chi connectivity index (χ1) is 10.2. The van der Waals surface area contributed by atoms with Crippen LogP contribution in [-0.4, -0.2) is 13.3 Å². The molecule has 0 aliphatic rings. The van der Waals surface area contributed by atoms with Crippen molar-refractivity contribution >= 4 is 21.4 Å². The van der Waals surface area contributed by atoms with Crippen LogP contribution in [0.25, 0.3) is 0 Å². The molecule has 0 aliphatic heterocycles. The lowest BCUT2D eigenvalue weighted by atomic mass is 10.2. The molecule has 116 valence electrons. The van der Waals surface area contributed by atoms with Crippen LogP contribution >= 0.6 is 0 Å². The van der Waals surface area contributed by atoms with Gasteiger partial charge in [0.05, 0.1) is 15.5 Å². The molecule has 0 unspecified atom stereocenters. The maximum Gasteiger partial charge on any atom is 0.273 e. The summed E-state index contributed by atoms with van der Waals surface area (Å²) in [6.07, 6.45) is 0. The third-order valence-corrected chi connectivity index (χ3v) is 4.42. The molecule has 0 spiro atoms. The highest BCUT2D eigenvalue weighted by Crippen LogP contribution is 2.27. The Morgan fingerprint density at radius 2 is 1.86 bits per heavy atom. The highest BCUT2D eigenvalue weighted by molar-refractivity contribution is 7.92. The molecule has 1 N–H and O–H groups in total. The van der Waals surface area contributed by atoms with Gasteiger partial charge in [0.15, 0.2) is 0 Å². The minimum atomic E-state index is -4.30. The van der Waals surface area contributed by atoms with Crippen molar-refractivity contribution in [2.75, 3.05) is 4.72 Å². The van der Waals surface area contributed by atoms with Gasteiger partial charge in [0.25, 0.3) is 15.7 Å². The Morgan fingerprint density at radius 1 is 1.18 bits per heavy atom. The molecule has 0 radical (unpaired) electrons. The van der Waals surface area contributed by atoms with Gasteiger partial charge in [-0.2, -0.15) is 0 Å². The molecule has 2 aromatic rings. The zero-order valence-electron chi connectivity index (χ0n) is 11.2. The van der Waals surface area contributed by atoms with Crippen LogP contribution in [0.5, 0.6) is 0 Å². The van der Waals surface area contributed by atoms with Crippen molar-refractivity contribution in [2.24, 2.45) is 0 Å². The number of hydrogen-bond acceptors (Lipinski definition) is 4. The number of halogens is 2. The molecule has 0 bridgehead atoms. The van der Waals surface area contributed by atoms with E-state index in [9.17, 15) is 27.3 Å². The molecule has 0 atom stereocenters. The Balaban J connectivity index is 2.50.